The number of hydrazine groups is 1. The molecule has 2 aliphatic heterocycles. The highest BCUT2D eigenvalue weighted by molar-refractivity contribution is 6.07. The second-order valence-electron chi connectivity index (χ2n) is 10.3. The number of imide groups is 1. The Kier molecular flexibility index (Phi) is 10.3. The van der Waals surface area contributed by atoms with Gasteiger partial charge in [-0.15, -0.1) is 0 Å². The van der Waals surface area contributed by atoms with Crippen LogP contribution in [0.1, 0.15) is 48.7 Å². The first-order valence-electron chi connectivity index (χ1n) is 14.3. The van der Waals surface area contributed by atoms with Crippen LogP contribution >= 0.6 is 0 Å². The molecule has 232 valence electrons. The van der Waals surface area contributed by atoms with Crippen LogP contribution in [0, 0.1) is 12.8 Å². The van der Waals surface area contributed by atoms with Crippen LogP contribution in [-0.2, 0) is 25.5 Å². The summed E-state index contributed by atoms with van der Waals surface area (Å²) in [6, 6.07) is 11.3. The molecule has 0 aliphatic carbocycles. The van der Waals surface area contributed by atoms with Crippen molar-refractivity contribution in [3.63, 3.8) is 0 Å². The standard InChI is InChI=1S/C31H36N6O7/c1-5-13-36(31(42)44-18-43-26(39)14-21-8-11-23(38)12-9-21)30(41)24-16-37-27(20(24)4)28(33-17-34-37)35-25-15-22(10-7-19(25)3)29(40)32-6-2/h7-12,15,17,24,38H,5-6,13-14,16,18H2,1-4H3,(H,32,40)(H,33,34,35). The second-order valence-corrected chi connectivity index (χ2v) is 10.3. The SMILES string of the molecule is CCCN(C(=O)OCOC(=O)Cc1ccc(O)cc1)C(=O)C1CN2NC=NC(=Nc3cc(C(=O)NCC)ccc3C)C2=C1C. The van der Waals surface area contributed by atoms with Gasteiger partial charge in [-0.1, -0.05) is 25.1 Å². The van der Waals surface area contributed by atoms with Crippen molar-refractivity contribution in [3.8, 4) is 5.75 Å². The first-order valence-corrected chi connectivity index (χ1v) is 14.3. The number of aliphatic imine (C=N–C) groups is 2. The number of fused-ring (bicyclic) bond motifs is 1. The third kappa shape index (κ3) is 7.41. The number of esters is 1. The van der Waals surface area contributed by atoms with E-state index in [0.717, 1.165) is 10.5 Å². The zero-order valence-electron chi connectivity index (χ0n) is 25.1. The van der Waals surface area contributed by atoms with Gasteiger partial charge in [-0.05, 0) is 68.2 Å². The van der Waals surface area contributed by atoms with Crippen LogP contribution in [0.15, 0.2) is 63.7 Å². The van der Waals surface area contributed by atoms with Crippen molar-refractivity contribution in [1.82, 2.24) is 20.7 Å². The summed E-state index contributed by atoms with van der Waals surface area (Å²) in [5.74, 6) is -1.58. The number of ether oxygens (including phenoxy) is 2. The number of benzene rings is 2. The summed E-state index contributed by atoms with van der Waals surface area (Å²) in [6.45, 7) is 7.51. The predicted octanol–water partition coefficient (Wildman–Crippen LogP) is 3.35. The van der Waals surface area contributed by atoms with Crippen molar-refractivity contribution in [2.24, 2.45) is 15.9 Å². The van der Waals surface area contributed by atoms with Gasteiger partial charge in [0.25, 0.3) is 5.91 Å². The van der Waals surface area contributed by atoms with E-state index < -0.39 is 30.7 Å². The van der Waals surface area contributed by atoms with E-state index in [2.05, 4.69) is 15.7 Å². The molecule has 0 saturated heterocycles. The highest BCUT2D eigenvalue weighted by Crippen LogP contribution is 2.32. The number of aryl methyl sites for hydroxylation is 1. The molecular formula is C31H36N6O7. The molecule has 2 aliphatic rings. The minimum Gasteiger partial charge on any atom is -0.508 e. The van der Waals surface area contributed by atoms with E-state index in [1.54, 1.807) is 36.2 Å². The maximum absolute atomic E-state index is 13.7. The molecular weight excluding hydrogens is 568 g/mol. The molecule has 2 aromatic rings. The summed E-state index contributed by atoms with van der Waals surface area (Å²) in [4.78, 5) is 61.3. The third-order valence-corrected chi connectivity index (χ3v) is 7.10. The van der Waals surface area contributed by atoms with Crippen molar-refractivity contribution in [1.29, 1.82) is 0 Å². The Morgan fingerprint density at radius 2 is 1.86 bits per heavy atom. The molecule has 0 aromatic heterocycles. The van der Waals surface area contributed by atoms with E-state index in [1.165, 1.54) is 18.5 Å². The third-order valence-electron chi connectivity index (χ3n) is 7.10. The van der Waals surface area contributed by atoms with Crippen LogP contribution in [0.4, 0.5) is 10.5 Å². The number of carbonyl (C=O) groups excluding carboxylic acids is 4. The Balaban J connectivity index is 1.47. The molecule has 0 saturated carbocycles. The summed E-state index contributed by atoms with van der Waals surface area (Å²) in [7, 11) is 0. The number of hydrogen-bond donors (Lipinski definition) is 3. The van der Waals surface area contributed by atoms with Crippen molar-refractivity contribution in [3.05, 3.63) is 70.4 Å². The van der Waals surface area contributed by atoms with Gasteiger partial charge >= 0.3 is 12.1 Å². The van der Waals surface area contributed by atoms with Gasteiger partial charge in [-0.25, -0.2) is 19.7 Å². The lowest BCUT2D eigenvalue weighted by molar-refractivity contribution is -0.152. The first-order chi connectivity index (χ1) is 21.1. The van der Waals surface area contributed by atoms with Crippen LogP contribution in [0.3, 0.4) is 0 Å². The topological polar surface area (TPSA) is 162 Å². The van der Waals surface area contributed by atoms with Crippen LogP contribution in [0.2, 0.25) is 0 Å². The molecule has 1 unspecified atom stereocenters. The maximum atomic E-state index is 13.7. The van der Waals surface area contributed by atoms with Crippen LogP contribution in [-0.4, -0.2) is 77.5 Å². The van der Waals surface area contributed by atoms with E-state index in [9.17, 15) is 24.3 Å². The number of aromatic hydroxyl groups is 1. The predicted molar refractivity (Wildman–Crippen MR) is 162 cm³/mol. The summed E-state index contributed by atoms with van der Waals surface area (Å²) >= 11 is 0. The summed E-state index contributed by atoms with van der Waals surface area (Å²) < 4.78 is 10.2. The van der Waals surface area contributed by atoms with E-state index in [4.69, 9.17) is 14.5 Å². The van der Waals surface area contributed by atoms with Gasteiger partial charge in [0, 0.05) is 18.7 Å². The number of nitrogens with one attached hydrogen (secondary N) is 2. The normalized spacial score (nSPS) is 16.3. The molecule has 13 heteroatoms. The van der Waals surface area contributed by atoms with Gasteiger partial charge in [0.15, 0.2) is 5.84 Å². The Morgan fingerprint density at radius 1 is 1.11 bits per heavy atom. The Bertz CT molecular complexity index is 1520. The zero-order valence-corrected chi connectivity index (χ0v) is 25.1. The molecule has 13 nitrogen and oxygen atoms in total. The van der Waals surface area contributed by atoms with Gasteiger partial charge < -0.3 is 19.9 Å². The minimum absolute atomic E-state index is 0.0746. The van der Waals surface area contributed by atoms with Gasteiger partial charge in [-0.2, -0.15) is 0 Å². The van der Waals surface area contributed by atoms with Gasteiger partial charge in [0.05, 0.1) is 24.6 Å². The fraction of sp³-hybridized carbons (Fsp3) is 0.355. The van der Waals surface area contributed by atoms with Crippen molar-refractivity contribution < 1.29 is 33.8 Å². The Hall–Kier alpha value is -5.20. The monoisotopic (exact) mass is 604 g/mol. The Labute approximate surface area is 255 Å². The lowest BCUT2D eigenvalue weighted by Gasteiger charge is -2.26. The quantitative estimate of drug-likeness (QED) is 0.273. The van der Waals surface area contributed by atoms with Crippen molar-refractivity contribution in [2.75, 3.05) is 26.4 Å². The van der Waals surface area contributed by atoms with Gasteiger partial charge in [0.2, 0.25) is 12.7 Å². The number of amides is 3. The highest BCUT2D eigenvalue weighted by atomic mass is 16.7. The molecule has 0 radical (unpaired) electrons. The van der Waals surface area contributed by atoms with E-state index in [0.29, 0.717) is 46.9 Å². The molecule has 2 aromatic carbocycles. The minimum atomic E-state index is -0.923. The fourth-order valence-electron chi connectivity index (χ4n) is 4.77. The number of phenols is 1. The number of amidine groups is 1. The lowest BCUT2D eigenvalue weighted by atomic mass is 10.0. The number of phenolic OH excluding ortho intramolecular Hbond substituents is 1. The number of hydrogen-bond acceptors (Lipinski definition) is 10. The first kappa shape index (κ1) is 31.7. The molecule has 3 N–H and O–H groups in total. The van der Waals surface area contributed by atoms with Gasteiger partial charge in [-0.3, -0.25) is 24.8 Å². The summed E-state index contributed by atoms with van der Waals surface area (Å²) in [6.07, 6.45) is 0.959. The van der Waals surface area contributed by atoms with Gasteiger partial charge in [0.1, 0.15) is 17.8 Å². The fourth-order valence-corrected chi connectivity index (χ4v) is 4.77. The second kappa shape index (κ2) is 14.3. The summed E-state index contributed by atoms with van der Waals surface area (Å²) in [5.41, 5.74) is 6.77. The average molecular weight is 605 g/mol. The molecule has 4 rings (SSSR count). The molecule has 2 heterocycles. The molecule has 44 heavy (non-hydrogen) atoms. The average Bonchev–Trinajstić information content (AvgIpc) is 3.35. The molecule has 3 amide bonds. The molecule has 1 atom stereocenters. The van der Waals surface area contributed by atoms with Crippen molar-refractivity contribution >= 4 is 41.7 Å². The largest absolute Gasteiger partial charge is 0.508 e. The number of nitrogens with zero attached hydrogens (tertiary/aromatic N) is 4. The molecule has 0 fully saturated rings. The van der Waals surface area contributed by atoms with Crippen LogP contribution in [0.5, 0.6) is 5.75 Å². The smallest absolute Gasteiger partial charge is 0.419 e. The number of carbonyl (C=O) groups is 4. The van der Waals surface area contributed by atoms with Crippen LogP contribution in [0.25, 0.3) is 0 Å². The van der Waals surface area contributed by atoms with Crippen LogP contribution < -0.4 is 10.7 Å². The van der Waals surface area contributed by atoms with E-state index in [1.807, 2.05) is 26.8 Å². The lowest BCUT2D eigenvalue weighted by Crippen LogP contribution is -2.45. The Morgan fingerprint density at radius 3 is 2.57 bits per heavy atom. The highest BCUT2D eigenvalue weighted by Gasteiger charge is 2.40. The summed E-state index contributed by atoms with van der Waals surface area (Å²) in [5, 5.41) is 13.9. The van der Waals surface area contributed by atoms with E-state index >= 15 is 0 Å². The molecule has 0 spiro atoms. The van der Waals surface area contributed by atoms with E-state index in [-0.39, 0.29) is 31.2 Å². The maximum Gasteiger partial charge on any atom is 0.419 e. The van der Waals surface area contributed by atoms with Crippen molar-refractivity contribution in [2.45, 2.75) is 40.5 Å². The zero-order chi connectivity index (χ0) is 31.8. The molecule has 0 bridgehead atoms. The number of rotatable bonds is 10.